The number of hydrogen-bond donors (Lipinski definition) is 1. The first-order valence-corrected chi connectivity index (χ1v) is 6.04. The lowest BCUT2D eigenvalue weighted by Crippen LogP contribution is -2.32. The van der Waals surface area contributed by atoms with Gasteiger partial charge in [0.05, 0.1) is 11.8 Å². The molecule has 0 fully saturated rings. The zero-order valence-electron chi connectivity index (χ0n) is 9.96. The number of nitrogens with one attached hydrogen (secondary N) is 1. The van der Waals surface area contributed by atoms with Crippen molar-refractivity contribution in [3.8, 4) is 0 Å². The molecule has 1 aromatic heterocycles. The number of pyridine rings is 1. The second-order valence-electron chi connectivity index (χ2n) is 4.01. The van der Waals surface area contributed by atoms with Crippen LogP contribution in [0, 0.1) is 5.82 Å². The Morgan fingerprint density at radius 1 is 1.65 bits per heavy atom. The Morgan fingerprint density at radius 3 is 3.00 bits per heavy atom. The van der Waals surface area contributed by atoms with Crippen LogP contribution in [0.2, 0.25) is 5.15 Å². The van der Waals surface area contributed by atoms with Crippen LogP contribution in [0.15, 0.2) is 12.3 Å². The van der Waals surface area contributed by atoms with E-state index in [1.165, 1.54) is 0 Å². The molecule has 1 rings (SSSR count). The fourth-order valence-electron chi connectivity index (χ4n) is 1.47. The summed E-state index contributed by atoms with van der Waals surface area (Å²) >= 11 is 5.74. The van der Waals surface area contributed by atoms with Crippen molar-refractivity contribution < 1.29 is 9.18 Å². The number of hydrogen-bond acceptors (Lipinski definition) is 2. The third kappa shape index (κ3) is 4.30. The third-order valence-electron chi connectivity index (χ3n) is 2.42. The minimum absolute atomic E-state index is 0.0200. The van der Waals surface area contributed by atoms with E-state index in [0.29, 0.717) is 0 Å². The summed E-state index contributed by atoms with van der Waals surface area (Å²) < 4.78 is 12.9. The number of carbonyl (C=O) groups is 1. The average molecular weight is 259 g/mol. The van der Waals surface area contributed by atoms with Gasteiger partial charge in [0.2, 0.25) is 0 Å². The Labute approximate surface area is 105 Å². The fourth-order valence-corrected chi connectivity index (χ4v) is 1.66. The normalized spacial score (nSPS) is 12.2. The van der Waals surface area contributed by atoms with E-state index in [-0.39, 0.29) is 22.7 Å². The van der Waals surface area contributed by atoms with Gasteiger partial charge in [0.25, 0.3) is 5.91 Å². The zero-order chi connectivity index (χ0) is 12.8. The monoisotopic (exact) mass is 258 g/mol. The molecule has 17 heavy (non-hydrogen) atoms. The molecule has 0 saturated heterocycles. The van der Waals surface area contributed by atoms with Gasteiger partial charge in [-0.2, -0.15) is 0 Å². The van der Waals surface area contributed by atoms with E-state index in [2.05, 4.69) is 17.2 Å². The molecule has 1 atom stereocenters. The molecular weight excluding hydrogens is 243 g/mol. The molecule has 1 unspecified atom stereocenters. The van der Waals surface area contributed by atoms with Crippen LogP contribution >= 0.6 is 11.6 Å². The van der Waals surface area contributed by atoms with E-state index in [9.17, 15) is 9.18 Å². The summed E-state index contributed by atoms with van der Waals surface area (Å²) in [6.45, 7) is 4.00. The topological polar surface area (TPSA) is 42.0 Å². The number of amides is 1. The Kier molecular flexibility index (Phi) is 5.35. The standard InChI is InChI=1S/C12H16ClFN2O/c1-3-4-5-8(2)16-12(17)10-6-9(14)7-15-11(10)13/h6-8H,3-5H2,1-2H3,(H,16,17). The van der Waals surface area contributed by atoms with Crippen molar-refractivity contribution in [2.75, 3.05) is 0 Å². The minimum Gasteiger partial charge on any atom is -0.349 e. The van der Waals surface area contributed by atoms with Gasteiger partial charge in [-0.05, 0) is 19.4 Å². The highest BCUT2D eigenvalue weighted by Gasteiger charge is 2.14. The quantitative estimate of drug-likeness (QED) is 0.824. The molecule has 0 saturated carbocycles. The van der Waals surface area contributed by atoms with Crippen molar-refractivity contribution in [1.82, 2.24) is 10.3 Å². The van der Waals surface area contributed by atoms with Gasteiger partial charge < -0.3 is 5.32 Å². The predicted octanol–water partition coefficient (Wildman–Crippen LogP) is 3.18. The number of unbranched alkanes of at least 4 members (excludes halogenated alkanes) is 1. The molecule has 0 aliphatic heterocycles. The van der Waals surface area contributed by atoms with Crippen LogP contribution in [-0.2, 0) is 0 Å². The summed E-state index contributed by atoms with van der Waals surface area (Å²) in [5.41, 5.74) is 0.0787. The molecular formula is C12H16ClFN2O. The molecule has 94 valence electrons. The maximum Gasteiger partial charge on any atom is 0.254 e. The van der Waals surface area contributed by atoms with Crippen molar-refractivity contribution in [2.45, 2.75) is 39.2 Å². The lowest BCUT2D eigenvalue weighted by atomic mass is 10.1. The van der Waals surface area contributed by atoms with E-state index in [0.717, 1.165) is 31.5 Å². The summed E-state index contributed by atoms with van der Waals surface area (Å²) in [4.78, 5) is 15.4. The summed E-state index contributed by atoms with van der Waals surface area (Å²) in [7, 11) is 0. The van der Waals surface area contributed by atoms with E-state index < -0.39 is 5.82 Å². The molecule has 0 radical (unpaired) electrons. The molecule has 1 aromatic rings. The highest BCUT2D eigenvalue weighted by atomic mass is 35.5. The second kappa shape index (κ2) is 6.55. The minimum atomic E-state index is -0.569. The van der Waals surface area contributed by atoms with Crippen LogP contribution in [0.1, 0.15) is 43.5 Å². The van der Waals surface area contributed by atoms with Crippen LogP contribution < -0.4 is 5.32 Å². The molecule has 1 heterocycles. The van der Waals surface area contributed by atoms with Gasteiger partial charge in [-0.1, -0.05) is 31.4 Å². The van der Waals surface area contributed by atoms with E-state index in [1.807, 2.05) is 6.92 Å². The maximum atomic E-state index is 12.9. The Morgan fingerprint density at radius 2 is 2.35 bits per heavy atom. The molecule has 0 bridgehead atoms. The zero-order valence-corrected chi connectivity index (χ0v) is 10.7. The average Bonchev–Trinajstić information content (AvgIpc) is 2.29. The fraction of sp³-hybridized carbons (Fsp3) is 0.500. The van der Waals surface area contributed by atoms with Crippen molar-refractivity contribution >= 4 is 17.5 Å². The number of rotatable bonds is 5. The first-order chi connectivity index (χ1) is 8.04. The highest BCUT2D eigenvalue weighted by molar-refractivity contribution is 6.32. The summed E-state index contributed by atoms with van der Waals surface area (Å²) in [5.74, 6) is -0.952. The molecule has 0 spiro atoms. The maximum absolute atomic E-state index is 12.9. The van der Waals surface area contributed by atoms with Crippen LogP contribution in [0.5, 0.6) is 0 Å². The van der Waals surface area contributed by atoms with Gasteiger partial charge in [0, 0.05) is 6.04 Å². The van der Waals surface area contributed by atoms with Crippen molar-refractivity contribution in [3.63, 3.8) is 0 Å². The molecule has 0 aliphatic rings. The van der Waals surface area contributed by atoms with E-state index in [1.54, 1.807) is 0 Å². The van der Waals surface area contributed by atoms with Crippen molar-refractivity contribution in [2.24, 2.45) is 0 Å². The summed E-state index contributed by atoms with van der Waals surface area (Å²) in [6.07, 6.45) is 3.99. The SMILES string of the molecule is CCCCC(C)NC(=O)c1cc(F)cnc1Cl. The molecule has 5 heteroatoms. The Balaban J connectivity index is 2.66. The Hall–Kier alpha value is -1.16. The second-order valence-corrected chi connectivity index (χ2v) is 4.37. The van der Waals surface area contributed by atoms with Gasteiger partial charge in [0.1, 0.15) is 11.0 Å². The lowest BCUT2D eigenvalue weighted by Gasteiger charge is -2.13. The molecule has 1 N–H and O–H groups in total. The van der Waals surface area contributed by atoms with Crippen molar-refractivity contribution in [1.29, 1.82) is 0 Å². The van der Waals surface area contributed by atoms with Gasteiger partial charge in [0.15, 0.2) is 0 Å². The predicted molar refractivity (Wildman–Crippen MR) is 65.7 cm³/mol. The van der Waals surface area contributed by atoms with Crippen LogP contribution in [0.25, 0.3) is 0 Å². The van der Waals surface area contributed by atoms with Gasteiger partial charge in [-0.3, -0.25) is 4.79 Å². The van der Waals surface area contributed by atoms with E-state index in [4.69, 9.17) is 11.6 Å². The van der Waals surface area contributed by atoms with Gasteiger partial charge >= 0.3 is 0 Å². The van der Waals surface area contributed by atoms with Crippen LogP contribution in [0.4, 0.5) is 4.39 Å². The molecule has 0 aromatic carbocycles. The van der Waals surface area contributed by atoms with Gasteiger partial charge in [-0.25, -0.2) is 9.37 Å². The molecule has 3 nitrogen and oxygen atoms in total. The summed E-state index contributed by atoms with van der Waals surface area (Å²) in [5, 5.41) is 2.79. The molecule has 0 aliphatic carbocycles. The third-order valence-corrected chi connectivity index (χ3v) is 2.72. The number of aromatic nitrogens is 1. The summed E-state index contributed by atoms with van der Waals surface area (Å²) in [6, 6.07) is 1.14. The van der Waals surface area contributed by atoms with Crippen molar-refractivity contribution in [3.05, 3.63) is 28.8 Å². The number of nitrogens with zero attached hydrogens (tertiary/aromatic N) is 1. The number of halogens is 2. The lowest BCUT2D eigenvalue weighted by molar-refractivity contribution is 0.0937. The highest BCUT2D eigenvalue weighted by Crippen LogP contribution is 2.14. The largest absolute Gasteiger partial charge is 0.349 e. The van der Waals surface area contributed by atoms with Crippen LogP contribution in [0.3, 0.4) is 0 Å². The Bertz CT molecular complexity index is 398. The van der Waals surface area contributed by atoms with E-state index >= 15 is 0 Å². The van der Waals surface area contributed by atoms with Gasteiger partial charge in [-0.15, -0.1) is 0 Å². The number of carbonyl (C=O) groups excluding carboxylic acids is 1. The first kappa shape index (κ1) is 13.9. The smallest absolute Gasteiger partial charge is 0.254 e. The van der Waals surface area contributed by atoms with Crippen LogP contribution in [-0.4, -0.2) is 16.9 Å². The molecule has 1 amide bonds. The first-order valence-electron chi connectivity index (χ1n) is 5.66.